The molecule has 13 heteroatoms. The molecular weight excluding hydrogens is 678 g/mol. The van der Waals surface area contributed by atoms with E-state index in [0.29, 0.717) is 35.8 Å². The summed E-state index contributed by atoms with van der Waals surface area (Å²) < 4.78 is 40.8. The Morgan fingerprint density at radius 3 is 2.70 bits per heavy atom. The van der Waals surface area contributed by atoms with Crippen LogP contribution in [0.5, 0.6) is 11.6 Å². The molecule has 7 rings (SSSR count). The molecule has 1 fully saturated rings. The third-order valence-electron chi connectivity index (χ3n) is 10.7. The highest BCUT2D eigenvalue weighted by molar-refractivity contribution is 7.92. The van der Waals surface area contributed by atoms with E-state index in [-0.39, 0.29) is 34.3 Å². The molecule has 2 aromatic carbocycles. The number of benzene rings is 2. The molecule has 2 amide bonds. The van der Waals surface area contributed by atoms with Gasteiger partial charge in [0.15, 0.2) is 0 Å². The first-order valence-electron chi connectivity index (χ1n) is 17.5. The van der Waals surface area contributed by atoms with Crippen LogP contribution in [0, 0.1) is 17.8 Å². The molecule has 50 heavy (non-hydrogen) atoms. The van der Waals surface area contributed by atoms with E-state index in [1.54, 1.807) is 26.3 Å². The van der Waals surface area contributed by atoms with Crippen molar-refractivity contribution in [3.05, 3.63) is 69.9 Å². The molecule has 270 valence electrons. The molecule has 11 nitrogen and oxygen atoms in total. The number of hydrogen-bond donors (Lipinski definition) is 1. The maximum atomic E-state index is 14.6. The molecule has 0 radical (unpaired) electrons. The van der Waals surface area contributed by atoms with E-state index in [1.165, 1.54) is 29.1 Å². The molecule has 0 spiro atoms. The van der Waals surface area contributed by atoms with Crippen LogP contribution in [0.4, 0.5) is 5.69 Å². The van der Waals surface area contributed by atoms with E-state index in [4.69, 9.17) is 25.8 Å². The van der Waals surface area contributed by atoms with Crippen molar-refractivity contribution < 1.29 is 28.0 Å². The van der Waals surface area contributed by atoms with Crippen molar-refractivity contribution in [2.75, 3.05) is 38.0 Å². The molecule has 3 aromatic rings. The van der Waals surface area contributed by atoms with Crippen LogP contribution in [0.2, 0.25) is 5.02 Å². The Labute approximate surface area is 300 Å². The first-order chi connectivity index (χ1) is 23.9. The number of nitrogens with zero attached hydrogens (tertiary/aromatic N) is 4. The van der Waals surface area contributed by atoms with E-state index in [0.717, 1.165) is 57.2 Å². The highest BCUT2D eigenvalue weighted by atomic mass is 35.5. The van der Waals surface area contributed by atoms with Crippen molar-refractivity contribution in [1.29, 1.82) is 0 Å². The van der Waals surface area contributed by atoms with Crippen molar-refractivity contribution in [1.82, 2.24) is 14.5 Å². The Hall–Kier alpha value is -3.61. The second kappa shape index (κ2) is 14.9. The van der Waals surface area contributed by atoms with Crippen molar-refractivity contribution in [3.63, 3.8) is 0 Å². The summed E-state index contributed by atoms with van der Waals surface area (Å²) >= 11 is 6.46. The lowest BCUT2D eigenvalue weighted by atomic mass is 9.59. The third-order valence-corrected chi connectivity index (χ3v) is 12.9. The van der Waals surface area contributed by atoms with Gasteiger partial charge in [-0.15, -0.1) is 9.46 Å². The van der Waals surface area contributed by atoms with Gasteiger partial charge in [0.25, 0.3) is 11.8 Å². The van der Waals surface area contributed by atoms with Crippen LogP contribution >= 0.6 is 11.6 Å². The number of methoxy groups -OCH3 is 2. The van der Waals surface area contributed by atoms with E-state index in [2.05, 4.69) is 38.1 Å². The zero-order valence-corrected chi connectivity index (χ0v) is 31.1. The van der Waals surface area contributed by atoms with Crippen LogP contribution < -0.4 is 19.1 Å². The molecule has 1 saturated carbocycles. The predicted octanol–water partition coefficient (Wildman–Crippen LogP) is 6.62. The summed E-state index contributed by atoms with van der Waals surface area (Å²) in [6.45, 7) is 6.10. The lowest BCUT2D eigenvalue weighted by Crippen LogP contribution is -2.57. The van der Waals surface area contributed by atoms with Gasteiger partial charge in [-0.2, -0.15) is 0 Å². The minimum atomic E-state index is -3.58. The summed E-state index contributed by atoms with van der Waals surface area (Å²) in [4.78, 5) is 29.8. The smallest absolute Gasteiger partial charge is 0.286 e. The lowest BCUT2D eigenvalue weighted by molar-refractivity contribution is -0.158. The van der Waals surface area contributed by atoms with Gasteiger partial charge in [-0.1, -0.05) is 37.9 Å². The Bertz CT molecular complexity index is 1870. The second-order valence-electron chi connectivity index (χ2n) is 14.2. The molecule has 0 saturated heterocycles. The van der Waals surface area contributed by atoms with Crippen LogP contribution in [-0.2, 0) is 34.7 Å². The highest BCUT2D eigenvalue weighted by Gasteiger charge is 2.51. The maximum absolute atomic E-state index is 14.6. The summed E-state index contributed by atoms with van der Waals surface area (Å²) in [7, 11) is 1.29. The first-order valence-corrected chi connectivity index (χ1v) is 19.5. The summed E-state index contributed by atoms with van der Waals surface area (Å²) in [5, 5.41) is 4.86. The lowest BCUT2D eigenvalue weighted by Gasteiger charge is -2.54. The fourth-order valence-corrected chi connectivity index (χ4v) is 9.93. The van der Waals surface area contributed by atoms with Crippen LogP contribution in [-0.4, -0.2) is 64.5 Å². The van der Waals surface area contributed by atoms with Crippen molar-refractivity contribution in [2.24, 2.45) is 29.2 Å². The number of ether oxygens (including phenoxy) is 3. The molecule has 4 bridgehead atoms. The number of aryl methyl sites for hydroxylation is 2. The van der Waals surface area contributed by atoms with Gasteiger partial charge in [-0.3, -0.25) is 19.0 Å². The fraction of sp³-hybridized carbons (Fsp3) is 0.541. The number of rotatable bonds is 4. The standard InChI is InChI=1S/C37H48ClN5O6S/c1-24-9-8-15-37(48-5)19-29(25(37)2)21-43-20-28-11-13-30(38)17-26(28)10-6-7-16-49-33-14-12-27(18-32(33)43)34(44)40-50(46,23-24)41-35(45)31-22-42(3)39-36(31)47-4/h11-14,17-18,22,24-25,29H,6-10,15-16,19-21,23H2,1-5H3,(H,40,41,44,45,46)/t24-,25+,29-,37-,50?/m0/s1. The number of anilines is 1. The summed E-state index contributed by atoms with van der Waals surface area (Å²) in [6.07, 6.45) is 7.53. The Balaban J connectivity index is 1.44. The molecule has 1 N–H and O–H groups in total. The van der Waals surface area contributed by atoms with Crippen LogP contribution in [0.25, 0.3) is 0 Å². The third kappa shape index (κ3) is 7.67. The minimum Gasteiger partial charge on any atom is -0.491 e. The maximum Gasteiger partial charge on any atom is 0.286 e. The van der Waals surface area contributed by atoms with Crippen LogP contribution in [0.3, 0.4) is 0 Å². The van der Waals surface area contributed by atoms with Gasteiger partial charge < -0.3 is 19.1 Å². The molecule has 5 atom stereocenters. The molecular formula is C37H48ClN5O6S. The minimum absolute atomic E-state index is 0.00470. The Morgan fingerprint density at radius 2 is 1.94 bits per heavy atom. The van der Waals surface area contributed by atoms with Gasteiger partial charge >= 0.3 is 0 Å². The van der Waals surface area contributed by atoms with E-state index in [9.17, 15) is 13.8 Å². The van der Waals surface area contributed by atoms with Gasteiger partial charge in [-0.05, 0) is 97.7 Å². The Morgan fingerprint density at radius 1 is 1.12 bits per heavy atom. The number of hydrogen-bond acceptors (Lipinski definition) is 8. The van der Waals surface area contributed by atoms with E-state index < -0.39 is 21.7 Å². The predicted molar refractivity (Wildman–Crippen MR) is 194 cm³/mol. The number of amides is 2. The summed E-state index contributed by atoms with van der Waals surface area (Å²) in [5.74, 6) is -0.0312. The molecule has 4 aliphatic rings. The Kier molecular flexibility index (Phi) is 10.8. The van der Waals surface area contributed by atoms with Gasteiger partial charge in [0.05, 0.1) is 30.8 Å². The van der Waals surface area contributed by atoms with Gasteiger partial charge in [0.1, 0.15) is 21.2 Å². The summed E-state index contributed by atoms with van der Waals surface area (Å²) in [6, 6.07) is 11.4. The van der Waals surface area contributed by atoms with E-state index in [1.807, 2.05) is 19.1 Å². The topological polar surface area (TPSA) is 124 Å². The molecule has 1 aromatic heterocycles. The normalized spacial score (nSPS) is 27.4. The highest BCUT2D eigenvalue weighted by Crippen LogP contribution is 2.50. The number of fused-ring (bicyclic) bond motifs is 7. The number of aromatic nitrogens is 2. The molecule has 1 aliphatic carbocycles. The summed E-state index contributed by atoms with van der Waals surface area (Å²) in [5.41, 5.74) is 3.26. The number of carbonyl (C=O) groups excluding carboxylic acids is 2. The number of carbonyl (C=O) groups is 2. The number of halogens is 1. The van der Waals surface area contributed by atoms with Crippen LogP contribution in [0.1, 0.15) is 84.2 Å². The SMILES string of the molecule is COc1nn(C)cc1C(=O)NS1(=O)=NC(=O)c2ccc3c(c2)N(Cc2ccc(Cl)cc2CCCCO3)C[C@@H]2C[C@@](OC)(CCC[C@H](C)C1)[C@@H]2C. The largest absolute Gasteiger partial charge is 0.491 e. The second-order valence-corrected chi connectivity index (χ2v) is 16.6. The van der Waals surface area contributed by atoms with Gasteiger partial charge in [0.2, 0.25) is 5.88 Å². The van der Waals surface area contributed by atoms with E-state index >= 15 is 0 Å². The van der Waals surface area contributed by atoms with Crippen molar-refractivity contribution >= 4 is 39.0 Å². The number of nitrogens with one attached hydrogen (secondary N) is 1. The van der Waals surface area contributed by atoms with Crippen molar-refractivity contribution in [2.45, 2.75) is 70.9 Å². The van der Waals surface area contributed by atoms with Crippen LogP contribution in [0.15, 0.2) is 47.0 Å². The molecule has 1 unspecified atom stereocenters. The molecule has 4 heterocycles. The van der Waals surface area contributed by atoms with Crippen molar-refractivity contribution in [3.8, 4) is 11.6 Å². The molecule has 3 aliphatic heterocycles. The monoisotopic (exact) mass is 725 g/mol. The first kappa shape index (κ1) is 36.2. The zero-order valence-electron chi connectivity index (χ0n) is 29.6. The fourth-order valence-electron chi connectivity index (χ4n) is 7.82. The quantitative estimate of drug-likeness (QED) is 0.319. The van der Waals surface area contributed by atoms with Gasteiger partial charge in [0, 0.05) is 44.0 Å². The zero-order chi connectivity index (χ0) is 35.6. The van der Waals surface area contributed by atoms with Gasteiger partial charge in [-0.25, -0.2) is 4.21 Å². The average molecular weight is 726 g/mol. The average Bonchev–Trinajstić information content (AvgIpc) is 3.46.